The topological polar surface area (TPSA) is 134 Å². The van der Waals surface area contributed by atoms with E-state index in [4.69, 9.17) is 4.74 Å². The Morgan fingerprint density at radius 2 is 2.05 bits per heavy atom. The molecule has 39 heavy (non-hydrogen) atoms. The number of aryl methyl sites for hydroxylation is 1. The van der Waals surface area contributed by atoms with Crippen LogP contribution >= 0.6 is 0 Å². The molecule has 0 unspecified atom stereocenters. The van der Waals surface area contributed by atoms with Crippen LogP contribution in [0.25, 0.3) is 0 Å². The Morgan fingerprint density at radius 3 is 2.64 bits per heavy atom. The third kappa shape index (κ3) is 7.28. The maximum Gasteiger partial charge on any atom is 0.389 e. The summed E-state index contributed by atoms with van der Waals surface area (Å²) in [6.45, 7) is 2.98. The average molecular weight is 576 g/mol. The van der Waals surface area contributed by atoms with E-state index in [-0.39, 0.29) is 41.7 Å². The molecule has 1 aliphatic heterocycles. The number of rotatable bonds is 9. The van der Waals surface area contributed by atoms with E-state index in [9.17, 15) is 36.3 Å². The molecule has 0 saturated carbocycles. The fourth-order valence-electron chi connectivity index (χ4n) is 4.06. The second kappa shape index (κ2) is 11.9. The highest BCUT2D eigenvalue weighted by Gasteiger charge is 2.37. The minimum Gasteiger partial charge on any atom is -0.486 e. The van der Waals surface area contributed by atoms with Gasteiger partial charge in [-0.15, -0.1) is 0 Å². The molecule has 2 aromatic rings. The molecule has 2 N–H and O–H groups in total. The van der Waals surface area contributed by atoms with Gasteiger partial charge in [0.05, 0.1) is 43.2 Å². The number of likely N-dealkylation sites (N-methyl/N-ethyl adjacent to an activating group) is 1. The van der Waals surface area contributed by atoms with Gasteiger partial charge in [0.2, 0.25) is 5.91 Å². The Kier molecular flexibility index (Phi) is 9.28. The maximum atomic E-state index is 13.5. The lowest BCUT2D eigenvalue weighted by atomic mass is 9.99. The molecular weight excluding hydrogens is 543 g/mol. The van der Waals surface area contributed by atoms with Gasteiger partial charge < -0.3 is 24.6 Å². The zero-order valence-electron chi connectivity index (χ0n) is 22.0. The molecule has 0 saturated heterocycles. The van der Waals surface area contributed by atoms with Gasteiger partial charge in [-0.05, 0) is 19.1 Å². The van der Waals surface area contributed by atoms with Crippen LogP contribution in [0.3, 0.4) is 0 Å². The number of hydrogen-bond acceptors (Lipinski definition) is 7. The van der Waals surface area contributed by atoms with Gasteiger partial charge in [-0.1, -0.05) is 13.0 Å². The number of aliphatic hydroxyl groups is 1. The number of para-hydroxylation sites is 1. The standard InChI is InChI=1S/C24H32F3N5O6S/c1-15-10-32(16(2)13-33)23(35)17-6-5-7-18(29-20(34)8-9-24(25,26)27)22(17)38-19(15)11-31(4)39(36,37)21-12-30(3)14-28-21/h5-7,12,14-16,19,33H,8-11,13H2,1-4H3,(H,29,34)/t15-,16+,19+/m0/s1. The van der Waals surface area contributed by atoms with E-state index in [1.807, 2.05) is 0 Å². The lowest BCUT2D eigenvalue weighted by Gasteiger charge is -2.38. The van der Waals surface area contributed by atoms with Gasteiger partial charge in [-0.25, -0.2) is 13.4 Å². The molecule has 1 aromatic carbocycles. The zero-order valence-corrected chi connectivity index (χ0v) is 22.8. The second-order valence-corrected chi connectivity index (χ2v) is 11.6. The van der Waals surface area contributed by atoms with Crippen LogP contribution < -0.4 is 10.1 Å². The number of ether oxygens (including phenoxy) is 1. The summed E-state index contributed by atoms with van der Waals surface area (Å²) in [5.41, 5.74) is -0.0185. The zero-order chi connectivity index (χ0) is 29.1. The number of carbonyl (C=O) groups excluding carboxylic acids is 2. The largest absolute Gasteiger partial charge is 0.486 e. The lowest BCUT2D eigenvalue weighted by molar-refractivity contribution is -0.142. The summed E-state index contributed by atoms with van der Waals surface area (Å²) < 4.78 is 72.8. The van der Waals surface area contributed by atoms with E-state index >= 15 is 0 Å². The van der Waals surface area contributed by atoms with Crippen molar-refractivity contribution in [1.29, 1.82) is 0 Å². The molecule has 1 aliphatic rings. The monoisotopic (exact) mass is 575 g/mol. The van der Waals surface area contributed by atoms with Crippen LogP contribution in [-0.4, -0.2) is 89.2 Å². The predicted octanol–water partition coefficient (Wildman–Crippen LogP) is 2.24. The molecule has 0 aliphatic carbocycles. The van der Waals surface area contributed by atoms with Crippen LogP contribution in [-0.2, 0) is 21.9 Å². The molecule has 216 valence electrons. The minimum absolute atomic E-state index is 0.0102. The number of aliphatic hydroxyl groups excluding tert-OH is 1. The molecular formula is C24H32F3N5O6S. The van der Waals surface area contributed by atoms with Crippen molar-refractivity contribution < 1.29 is 41.0 Å². The molecule has 0 spiro atoms. The van der Waals surface area contributed by atoms with Gasteiger partial charge in [0.25, 0.3) is 15.9 Å². The van der Waals surface area contributed by atoms with E-state index < -0.39 is 58.9 Å². The van der Waals surface area contributed by atoms with Crippen molar-refractivity contribution in [3.63, 3.8) is 0 Å². The van der Waals surface area contributed by atoms with Crippen LogP contribution in [0.1, 0.15) is 37.0 Å². The molecule has 0 bridgehead atoms. The maximum absolute atomic E-state index is 13.5. The highest BCUT2D eigenvalue weighted by molar-refractivity contribution is 7.89. The van der Waals surface area contributed by atoms with E-state index in [1.165, 1.54) is 47.2 Å². The molecule has 11 nitrogen and oxygen atoms in total. The number of carbonyl (C=O) groups is 2. The van der Waals surface area contributed by atoms with Gasteiger partial charge >= 0.3 is 6.18 Å². The third-order valence-electron chi connectivity index (χ3n) is 6.39. The van der Waals surface area contributed by atoms with Gasteiger partial charge in [-0.3, -0.25) is 9.59 Å². The molecule has 0 fully saturated rings. The Hall–Kier alpha value is -3.17. The summed E-state index contributed by atoms with van der Waals surface area (Å²) in [6, 6.07) is 3.65. The summed E-state index contributed by atoms with van der Waals surface area (Å²) in [5.74, 6) is -2.01. The first-order chi connectivity index (χ1) is 18.1. The first-order valence-electron chi connectivity index (χ1n) is 12.2. The number of aromatic nitrogens is 2. The summed E-state index contributed by atoms with van der Waals surface area (Å²) in [5, 5.41) is 12.0. The fraction of sp³-hybridized carbons (Fsp3) is 0.542. The predicted molar refractivity (Wildman–Crippen MR) is 135 cm³/mol. The summed E-state index contributed by atoms with van der Waals surface area (Å²) in [7, 11) is -1.03. The summed E-state index contributed by atoms with van der Waals surface area (Å²) in [4.78, 5) is 31.1. The second-order valence-electron chi connectivity index (χ2n) is 9.63. The normalized spacial score (nSPS) is 19.2. The SMILES string of the molecule is C[C@H](CO)N1C[C@H](C)[C@@H](CN(C)S(=O)(=O)c2cn(C)cn2)Oc2c(NC(=O)CCC(F)(F)F)cccc2C1=O. The number of halogens is 3. The number of nitrogens with zero attached hydrogens (tertiary/aromatic N) is 4. The fourth-order valence-corrected chi connectivity index (χ4v) is 5.20. The van der Waals surface area contributed by atoms with Crippen LogP contribution in [0, 0.1) is 5.92 Å². The van der Waals surface area contributed by atoms with Crippen LogP contribution in [0.15, 0.2) is 35.7 Å². The molecule has 1 aromatic heterocycles. The number of hydrogen-bond donors (Lipinski definition) is 2. The molecule has 2 amide bonds. The molecule has 0 radical (unpaired) electrons. The van der Waals surface area contributed by atoms with Crippen LogP contribution in [0.4, 0.5) is 18.9 Å². The summed E-state index contributed by atoms with van der Waals surface area (Å²) in [6.07, 6.45) is -4.85. The smallest absolute Gasteiger partial charge is 0.389 e. The number of benzene rings is 1. The number of imidazole rings is 1. The first kappa shape index (κ1) is 30.4. The Bertz CT molecular complexity index is 1300. The van der Waals surface area contributed by atoms with E-state index in [0.29, 0.717) is 0 Å². The van der Waals surface area contributed by atoms with Crippen molar-refractivity contribution in [2.75, 3.05) is 32.1 Å². The van der Waals surface area contributed by atoms with Gasteiger partial charge in [-0.2, -0.15) is 17.5 Å². The van der Waals surface area contributed by atoms with Crippen molar-refractivity contribution in [2.24, 2.45) is 13.0 Å². The number of nitrogens with one attached hydrogen (secondary N) is 1. The van der Waals surface area contributed by atoms with Crippen molar-refractivity contribution in [3.05, 3.63) is 36.3 Å². The van der Waals surface area contributed by atoms with E-state index in [2.05, 4.69) is 10.3 Å². The average Bonchev–Trinajstić information content (AvgIpc) is 3.31. The number of fused-ring (bicyclic) bond motifs is 1. The van der Waals surface area contributed by atoms with Gasteiger partial charge in [0, 0.05) is 39.2 Å². The number of amides is 2. The minimum atomic E-state index is -4.53. The lowest BCUT2D eigenvalue weighted by Crippen LogP contribution is -2.50. The van der Waals surface area contributed by atoms with Gasteiger partial charge in [0.15, 0.2) is 10.8 Å². The first-order valence-corrected chi connectivity index (χ1v) is 13.6. The van der Waals surface area contributed by atoms with Crippen molar-refractivity contribution in [3.8, 4) is 5.75 Å². The molecule has 2 heterocycles. The number of alkyl halides is 3. The highest BCUT2D eigenvalue weighted by Crippen LogP contribution is 2.35. The molecule has 15 heteroatoms. The molecule has 3 atom stereocenters. The van der Waals surface area contributed by atoms with Crippen LogP contribution in [0.5, 0.6) is 5.75 Å². The summed E-state index contributed by atoms with van der Waals surface area (Å²) >= 11 is 0. The number of anilines is 1. The van der Waals surface area contributed by atoms with E-state index in [0.717, 1.165) is 4.31 Å². The number of sulfonamides is 1. The highest BCUT2D eigenvalue weighted by atomic mass is 32.2. The van der Waals surface area contributed by atoms with Crippen LogP contribution in [0.2, 0.25) is 0 Å². The van der Waals surface area contributed by atoms with E-state index in [1.54, 1.807) is 20.9 Å². The van der Waals surface area contributed by atoms with Crippen molar-refractivity contribution in [2.45, 2.75) is 50.0 Å². The molecule has 3 rings (SSSR count). The van der Waals surface area contributed by atoms with Crippen molar-refractivity contribution in [1.82, 2.24) is 18.8 Å². The Balaban J connectivity index is 1.99. The third-order valence-corrected chi connectivity index (χ3v) is 8.10. The Morgan fingerprint density at radius 1 is 1.36 bits per heavy atom. The quantitative estimate of drug-likeness (QED) is 0.469. The Labute approximate surface area is 224 Å². The van der Waals surface area contributed by atoms with Crippen molar-refractivity contribution >= 4 is 27.5 Å². The van der Waals surface area contributed by atoms with Gasteiger partial charge in [0.1, 0.15) is 6.10 Å².